The molecule has 0 spiro atoms. The van der Waals surface area contributed by atoms with Crippen LogP contribution < -0.4 is 10.5 Å². The predicted molar refractivity (Wildman–Crippen MR) is 81.9 cm³/mol. The lowest BCUT2D eigenvalue weighted by Gasteiger charge is -2.28. The predicted octanol–water partition coefficient (Wildman–Crippen LogP) is 2.12. The standard InChI is InChI=1S/C13H19BrN2O3S/c1-9(10-4-6-19-7-5-10)16-20(17,18)13-8-11(14)2-3-12(13)15/h2-3,8-10,16H,4-7,15H2,1H3. The molecule has 1 saturated heterocycles. The average Bonchev–Trinajstić information content (AvgIpc) is 2.42. The molecule has 3 N–H and O–H groups in total. The van der Waals surface area contributed by atoms with Crippen molar-refractivity contribution in [1.82, 2.24) is 4.72 Å². The molecule has 1 heterocycles. The number of nitrogen functional groups attached to an aromatic ring is 1. The van der Waals surface area contributed by atoms with Crippen LogP contribution in [-0.2, 0) is 14.8 Å². The molecular formula is C13H19BrN2O3S. The quantitative estimate of drug-likeness (QED) is 0.803. The molecule has 0 saturated carbocycles. The van der Waals surface area contributed by atoms with E-state index in [0.29, 0.717) is 23.6 Å². The third-order valence-electron chi connectivity index (χ3n) is 3.58. The third-order valence-corrected chi connectivity index (χ3v) is 5.69. The monoisotopic (exact) mass is 362 g/mol. The van der Waals surface area contributed by atoms with Crippen LogP contribution in [0, 0.1) is 5.92 Å². The molecule has 1 atom stereocenters. The molecule has 1 unspecified atom stereocenters. The van der Waals surface area contributed by atoms with E-state index in [9.17, 15) is 8.42 Å². The zero-order chi connectivity index (χ0) is 14.8. The highest BCUT2D eigenvalue weighted by molar-refractivity contribution is 9.10. The number of hydrogen-bond donors (Lipinski definition) is 2. The topological polar surface area (TPSA) is 81.4 Å². The van der Waals surface area contributed by atoms with Crippen molar-refractivity contribution >= 4 is 31.6 Å². The second kappa shape index (κ2) is 6.43. The van der Waals surface area contributed by atoms with Gasteiger partial charge in [-0.15, -0.1) is 0 Å². The highest BCUT2D eigenvalue weighted by Crippen LogP contribution is 2.25. The number of nitrogens with one attached hydrogen (secondary N) is 1. The molecule has 0 radical (unpaired) electrons. The van der Waals surface area contributed by atoms with Gasteiger partial charge in [0.05, 0.1) is 5.69 Å². The Bertz CT molecular complexity index is 571. The maximum absolute atomic E-state index is 12.4. The van der Waals surface area contributed by atoms with Crippen molar-refractivity contribution in [2.24, 2.45) is 5.92 Å². The van der Waals surface area contributed by atoms with Crippen molar-refractivity contribution < 1.29 is 13.2 Å². The van der Waals surface area contributed by atoms with Gasteiger partial charge in [0.1, 0.15) is 4.90 Å². The molecule has 0 aliphatic carbocycles. The van der Waals surface area contributed by atoms with Crippen LogP contribution in [0.4, 0.5) is 5.69 Å². The van der Waals surface area contributed by atoms with Crippen LogP contribution in [-0.4, -0.2) is 27.7 Å². The lowest BCUT2D eigenvalue weighted by atomic mass is 9.94. The van der Waals surface area contributed by atoms with E-state index >= 15 is 0 Å². The summed E-state index contributed by atoms with van der Waals surface area (Å²) in [6.45, 7) is 3.27. The maximum Gasteiger partial charge on any atom is 0.242 e. The molecule has 1 aliphatic heterocycles. The molecule has 112 valence electrons. The van der Waals surface area contributed by atoms with Crippen LogP contribution in [0.15, 0.2) is 27.6 Å². The van der Waals surface area contributed by atoms with Crippen molar-refractivity contribution in [3.63, 3.8) is 0 Å². The summed E-state index contributed by atoms with van der Waals surface area (Å²) in [5, 5.41) is 0. The van der Waals surface area contributed by atoms with Crippen molar-refractivity contribution in [3.8, 4) is 0 Å². The van der Waals surface area contributed by atoms with E-state index in [1.807, 2.05) is 6.92 Å². The molecule has 0 amide bonds. The molecular weight excluding hydrogens is 344 g/mol. The Morgan fingerprint density at radius 3 is 2.70 bits per heavy atom. The minimum absolute atomic E-state index is 0.116. The summed E-state index contributed by atoms with van der Waals surface area (Å²) in [4.78, 5) is 0.116. The number of hydrogen-bond acceptors (Lipinski definition) is 4. The molecule has 1 aromatic rings. The highest BCUT2D eigenvalue weighted by atomic mass is 79.9. The summed E-state index contributed by atoms with van der Waals surface area (Å²) >= 11 is 3.27. The molecule has 20 heavy (non-hydrogen) atoms. The van der Waals surface area contributed by atoms with Gasteiger partial charge in [0.2, 0.25) is 10.0 Å². The van der Waals surface area contributed by atoms with Crippen LogP contribution in [0.1, 0.15) is 19.8 Å². The van der Waals surface area contributed by atoms with Gasteiger partial charge in [0.25, 0.3) is 0 Å². The summed E-state index contributed by atoms with van der Waals surface area (Å²) in [6.07, 6.45) is 1.75. The number of nitrogens with two attached hydrogens (primary N) is 1. The van der Waals surface area contributed by atoms with Crippen LogP contribution in [0.3, 0.4) is 0 Å². The van der Waals surface area contributed by atoms with Crippen LogP contribution in [0.25, 0.3) is 0 Å². The lowest BCUT2D eigenvalue weighted by Crippen LogP contribution is -2.40. The van der Waals surface area contributed by atoms with Crippen molar-refractivity contribution in [3.05, 3.63) is 22.7 Å². The number of sulfonamides is 1. The lowest BCUT2D eigenvalue weighted by molar-refractivity contribution is 0.0585. The van der Waals surface area contributed by atoms with Crippen LogP contribution >= 0.6 is 15.9 Å². The summed E-state index contributed by atoms with van der Waals surface area (Å²) in [5.41, 5.74) is 6.02. The molecule has 5 nitrogen and oxygen atoms in total. The SMILES string of the molecule is CC(NS(=O)(=O)c1cc(Br)ccc1N)C1CCOCC1. The van der Waals surface area contributed by atoms with Gasteiger partial charge in [0, 0.05) is 23.7 Å². The highest BCUT2D eigenvalue weighted by Gasteiger charge is 2.26. The molecule has 0 bridgehead atoms. The van der Waals surface area contributed by atoms with Gasteiger partial charge in [0.15, 0.2) is 0 Å². The van der Waals surface area contributed by atoms with Crippen molar-refractivity contribution in [2.75, 3.05) is 18.9 Å². The van der Waals surface area contributed by atoms with Crippen LogP contribution in [0.2, 0.25) is 0 Å². The largest absolute Gasteiger partial charge is 0.398 e. The van der Waals surface area contributed by atoms with E-state index < -0.39 is 10.0 Å². The van der Waals surface area contributed by atoms with Gasteiger partial charge in [-0.2, -0.15) is 0 Å². The first-order chi connectivity index (χ1) is 9.40. The Morgan fingerprint density at radius 2 is 2.05 bits per heavy atom. The molecule has 1 aromatic carbocycles. The summed E-state index contributed by atoms with van der Waals surface area (Å²) in [6, 6.07) is 4.69. The van der Waals surface area contributed by atoms with Crippen molar-refractivity contribution in [1.29, 1.82) is 0 Å². The van der Waals surface area contributed by atoms with Gasteiger partial charge in [-0.05, 0) is 43.9 Å². The van der Waals surface area contributed by atoms with Gasteiger partial charge in [-0.3, -0.25) is 0 Å². The Kier molecular flexibility index (Phi) is 5.06. The summed E-state index contributed by atoms with van der Waals surface area (Å²) < 4.78 is 33.5. The fraction of sp³-hybridized carbons (Fsp3) is 0.538. The first-order valence-corrected chi connectivity index (χ1v) is 8.83. The molecule has 2 rings (SSSR count). The Labute approximate surface area is 128 Å². The zero-order valence-electron chi connectivity index (χ0n) is 11.3. The minimum atomic E-state index is -3.61. The zero-order valence-corrected chi connectivity index (χ0v) is 13.7. The second-order valence-corrected chi connectivity index (χ2v) is 7.64. The van der Waals surface area contributed by atoms with E-state index in [0.717, 1.165) is 12.8 Å². The van der Waals surface area contributed by atoms with E-state index in [4.69, 9.17) is 10.5 Å². The van der Waals surface area contributed by atoms with Crippen LogP contribution in [0.5, 0.6) is 0 Å². The van der Waals surface area contributed by atoms with E-state index in [1.165, 1.54) is 6.07 Å². The third kappa shape index (κ3) is 3.72. The van der Waals surface area contributed by atoms with E-state index in [-0.39, 0.29) is 16.6 Å². The Hall–Kier alpha value is -0.630. The normalized spacial score (nSPS) is 18.9. The number of anilines is 1. The molecule has 1 aliphatic rings. The summed E-state index contributed by atoms with van der Waals surface area (Å²) in [7, 11) is -3.61. The smallest absolute Gasteiger partial charge is 0.242 e. The Balaban J connectivity index is 2.16. The second-order valence-electron chi connectivity index (χ2n) is 5.04. The molecule has 0 aromatic heterocycles. The van der Waals surface area contributed by atoms with Crippen molar-refractivity contribution in [2.45, 2.75) is 30.7 Å². The fourth-order valence-corrected chi connectivity index (χ4v) is 4.34. The number of ether oxygens (including phenoxy) is 1. The number of halogens is 1. The number of benzene rings is 1. The number of rotatable bonds is 4. The first-order valence-electron chi connectivity index (χ1n) is 6.55. The summed E-state index contributed by atoms with van der Waals surface area (Å²) in [5.74, 6) is 0.298. The van der Waals surface area contributed by atoms with E-state index in [1.54, 1.807) is 12.1 Å². The Morgan fingerprint density at radius 1 is 1.40 bits per heavy atom. The van der Waals surface area contributed by atoms with Gasteiger partial charge >= 0.3 is 0 Å². The average molecular weight is 363 g/mol. The van der Waals surface area contributed by atoms with E-state index in [2.05, 4.69) is 20.7 Å². The molecule has 1 fully saturated rings. The first kappa shape index (κ1) is 15.8. The minimum Gasteiger partial charge on any atom is -0.398 e. The van der Waals surface area contributed by atoms with Gasteiger partial charge in [-0.25, -0.2) is 13.1 Å². The molecule has 7 heteroatoms. The van der Waals surface area contributed by atoms with Gasteiger partial charge < -0.3 is 10.5 Å². The van der Waals surface area contributed by atoms with Gasteiger partial charge in [-0.1, -0.05) is 15.9 Å². The maximum atomic E-state index is 12.4. The fourth-order valence-electron chi connectivity index (χ4n) is 2.36.